The van der Waals surface area contributed by atoms with Crippen LogP contribution in [0.5, 0.6) is 0 Å². The van der Waals surface area contributed by atoms with Gasteiger partial charge in [0.15, 0.2) is 0 Å². The molecule has 19 heavy (non-hydrogen) atoms. The van der Waals surface area contributed by atoms with E-state index in [-0.39, 0.29) is 0 Å². The molecule has 0 fully saturated rings. The summed E-state index contributed by atoms with van der Waals surface area (Å²) in [5, 5.41) is 6.76. The number of nitrogens with one attached hydrogen (secondary N) is 2. The van der Waals surface area contributed by atoms with Crippen molar-refractivity contribution in [2.45, 2.75) is 19.9 Å². The summed E-state index contributed by atoms with van der Waals surface area (Å²) in [7, 11) is 0. The molecule has 1 aliphatic rings. The van der Waals surface area contributed by atoms with E-state index in [0.29, 0.717) is 0 Å². The molecule has 2 N–H and O–H groups in total. The van der Waals surface area contributed by atoms with Crippen molar-refractivity contribution >= 4 is 27.4 Å². The minimum atomic E-state index is 0.820. The zero-order valence-corrected chi connectivity index (χ0v) is 12.3. The standard InChI is InChI=1S/C14H15BrN4/c1-9-17-13-6-7-16-8-12(13)14(18-9)19-11-4-2-10(15)3-5-11/h2-5,16H,6-8H2,1H3,(H,17,18,19). The van der Waals surface area contributed by atoms with Gasteiger partial charge in [0.05, 0.1) is 5.69 Å². The quantitative estimate of drug-likeness (QED) is 0.894. The average Bonchev–Trinajstić information content (AvgIpc) is 2.41. The van der Waals surface area contributed by atoms with Crippen LogP contribution in [0.15, 0.2) is 28.7 Å². The Balaban J connectivity index is 1.95. The molecule has 0 unspecified atom stereocenters. The van der Waals surface area contributed by atoms with Gasteiger partial charge in [0.1, 0.15) is 11.6 Å². The van der Waals surface area contributed by atoms with Crippen LogP contribution in [-0.2, 0) is 13.0 Å². The van der Waals surface area contributed by atoms with Crippen LogP contribution in [0.1, 0.15) is 17.1 Å². The molecular weight excluding hydrogens is 304 g/mol. The number of hydrogen-bond donors (Lipinski definition) is 2. The largest absolute Gasteiger partial charge is 0.340 e. The van der Waals surface area contributed by atoms with Gasteiger partial charge in [0.2, 0.25) is 0 Å². The Morgan fingerprint density at radius 2 is 2.00 bits per heavy atom. The summed E-state index contributed by atoms with van der Waals surface area (Å²) in [5.41, 5.74) is 3.37. The van der Waals surface area contributed by atoms with Gasteiger partial charge in [0.25, 0.3) is 0 Å². The smallest absolute Gasteiger partial charge is 0.138 e. The fraction of sp³-hybridized carbons (Fsp3) is 0.286. The van der Waals surface area contributed by atoms with Gasteiger partial charge in [0, 0.05) is 35.2 Å². The molecule has 5 heteroatoms. The van der Waals surface area contributed by atoms with E-state index in [1.165, 1.54) is 5.56 Å². The van der Waals surface area contributed by atoms with Gasteiger partial charge >= 0.3 is 0 Å². The molecule has 2 aromatic rings. The highest BCUT2D eigenvalue weighted by atomic mass is 79.9. The predicted octanol–water partition coefficient (Wildman–Crippen LogP) is 2.94. The molecule has 0 bridgehead atoms. The van der Waals surface area contributed by atoms with Crippen LogP contribution in [-0.4, -0.2) is 16.5 Å². The molecule has 2 heterocycles. The molecular formula is C14H15BrN4. The molecule has 0 aliphatic carbocycles. The van der Waals surface area contributed by atoms with Crippen LogP contribution in [0.3, 0.4) is 0 Å². The second kappa shape index (κ2) is 5.27. The maximum Gasteiger partial charge on any atom is 0.138 e. The van der Waals surface area contributed by atoms with Gasteiger partial charge in [-0.1, -0.05) is 15.9 Å². The van der Waals surface area contributed by atoms with Gasteiger partial charge < -0.3 is 10.6 Å². The van der Waals surface area contributed by atoms with Crippen LogP contribution in [0.4, 0.5) is 11.5 Å². The number of aryl methyl sites for hydroxylation is 1. The van der Waals surface area contributed by atoms with Gasteiger partial charge in [-0.05, 0) is 31.2 Å². The number of halogens is 1. The van der Waals surface area contributed by atoms with Gasteiger partial charge in [-0.3, -0.25) is 0 Å². The Kier molecular flexibility index (Phi) is 3.48. The molecule has 0 saturated carbocycles. The first kappa shape index (κ1) is 12.6. The van der Waals surface area contributed by atoms with Crippen LogP contribution in [0.25, 0.3) is 0 Å². The first-order valence-electron chi connectivity index (χ1n) is 6.32. The zero-order valence-electron chi connectivity index (χ0n) is 10.7. The van der Waals surface area contributed by atoms with Crippen LogP contribution < -0.4 is 10.6 Å². The summed E-state index contributed by atoms with van der Waals surface area (Å²) in [5.74, 6) is 1.73. The molecule has 0 spiro atoms. The average molecular weight is 319 g/mol. The Morgan fingerprint density at radius 1 is 1.21 bits per heavy atom. The third kappa shape index (κ3) is 2.77. The molecule has 0 radical (unpaired) electrons. The van der Waals surface area contributed by atoms with Gasteiger partial charge in [-0.2, -0.15) is 0 Å². The summed E-state index contributed by atoms with van der Waals surface area (Å²) in [6.07, 6.45) is 0.966. The first-order valence-corrected chi connectivity index (χ1v) is 7.11. The lowest BCUT2D eigenvalue weighted by molar-refractivity contribution is 0.625. The summed E-state index contributed by atoms with van der Waals surface area (Å²) in [4.78, 5) is 9.06. The van der Waals surface area contributed by atoms with E-state index in [4.69, 9.17) is 0 Å². The van der Waals surface area contributed by atoms with Crippen molar-refractivity contribution in [2.24, 2.45) is 0 Å². The monoisotopic (exact) mass is 318 g/mol. The summed E-state index contributed by atoms with van der Waals surface area (Å²) in [6, 6.07) is 8.09. The predicted molar refractivity (Wildman–Crippen MR) is 79.6 cm³/mol. The second-order valence-electron chi connectivity index (χ2n) is 4.60. The normalized spacial score (nSPS) is 14.0. The molecule has 3 rings (SSSR count). The van der Waals surface area contributed by atoms with Crippen LogP contribution in [0.2, 0.25) is 0 Å². The fourth-order valence-corrected chi connectivity index (χ4v) is 2.50. The number of aromatic nitrogens is 2. The molecule has 98 valence electrons. The number of anilines is 2. The molecule has 0 amide bonds. The maximum atomic E-state index is 4.53. The number of rotatable bonds is 2. The van der Waals surface area contributed by atoms with E-state index in [9.17, 15) is 0 Å². The topological polar surface area (TPSA) is 49.8 Å². The highest BCUT2D eigenvalue weighted by molar-refractivity contribution is 9.10. The van der Waals surface area contributed by atoms with Gasteiger partial charge in [-0.25, -0.2) is 9.97 Å². The molecule has 0 atom stereocenters. The molecule has 1 aromatic heterocycles. The van der Waals surface area contributed by atoms with E-state index < -0.39 is 0 Å². The third-order valence-electron chi connectivity index (χ3n) is 3.15. The molecule has 0 saturated heterocycles. The Bertz CT molecular complexity index is 595. The van der Waals surface area contributed by atoms with Crippen molar-refractivity contribution in [3.8, 4) is 0 Å². The second-order valence-corrected chi connectivity index (χ2v) is 5.52. The highest BCUT2D eigenvalue weighted by Crippen LogP contribution is 2.24. The summed E-state index contributed by atoms with van der Waals surface area (Å²) >= 11 is 3.44. The zero-order chi connectivity index (χ0) is 13.2. The summed E-state index contributed by atoms with van der Waals surface area (Å²) in [6.45, 7) is 3.75. The maximum absolute atomic E-state index is 4.53. The number of hydrogen-bond acceptors (Lipinski definition) is 4. The van der Waals surface area contributed by atoms with Crippen LogP contribution in [0, 0.1) is 6.92 Å². The van der Waals surface area contributed by atoms with Crippen molar-refractivity contribution in [1.29, 1.82) is 0 Å². The SMILES string of the molecule is Cc1nc2c(c(Nc3ccc(Br)cc3)n1)CNCC2. The van der Waals surface area contributed by atoms with Crippen molar-refractivity contribution in [2.75, 3.05) is 11.9 Å². The van der Waals surface area contributed by atoms with Crippen molar-refractivity contribution < 1.29 is 0 Å². The molecule has 1 aliphatic heterocycles. The van der Waals surface area contributed by atoms with Crippen molar-refractivity contribution in [1.82, 2.24) is 15.3 Å². The summed E-state index contributed by atoms with van der Waals surface area (Å²) < 4.78 is 1.07. The Hall–Kier alpha value is -1.46. The minimum Gasteiger partial charge on any atom is -0.340 e. The highest BCUT2D eigenvalue weighted by Gasteiger charge is 2.16. The first-order chi connectivity index (χ1) is 9.22. The fourth-order valence-electron chi connectivity index (χ4n) is 2.24. The van der Waals surface area contributed by atoms with Crippen molar-refractivity contribution in [3.63, 3.8) is 0 Å². The lowest BCUT2D eigenvalue weighted by Crippen LogP contribution is -2.26. The molecule has 4 nitrogen and oxygen atoms in total. The minimum absolute atomic E-state index is 0.820. The van der Waals surface area contributed by atoms with E-state index in [2.05, 4.69) is 36.5 Å². The number of nitrogens with zero attached hydrogens (tertiary/aromatic N) is 2. The van der Waals surface area contributed by atoms with E-state index in [1.807, 2.05) is 31.2 Å². The lowest BCUT2D eigenvalue weighted by atomic mass is 10.1. The number of benzene rings is 1. The van der Waals surface area contributed by atoms with Crippen molar-refractivity contribution in [3.05, 3.63) is 45.8 Å². The van der Waals surface area contributed by atoms with Crippen LogP contribution >= 0.6 is 15.9 Å². The number of fused-ring (bicyclic) bond motifs is 1. The van der Waals surface area contributed by atoms with E-state index in [0.717, 1.165) is 47.0 Å². The Labute approximate surface area is 120 Å². The lowest BCUT2D eigenvalue weighted by Gasteiger charge is -2.20. The van der Waals surface area contributed by atoms with E-state index in [1.54, 1.807) is 0 Å². The molecule has 1 aromatic carbocycles. The Morgan fingerprint density at radius 3 is 2.79 bits per heavy atom. The van der Waals surface area contributed by atoms with Gasteiger partial charge in [-0.15, -0.1) is 0 Å². The third-order valence-corrected chi connectivity index (χ3v) is 3.68. The van der Waals surface area contributed by atoms with E-state index >= 15 is 0 Å².